The third-order valence-corrected chi connectivity index (χ3v) is 6.03. The van der Waals surface area contributed by atoms with Crippen molar-refractivity contribution in [3.8, 4) is 17.2 Å². The lowest BCUT2D eigenvalue weighted by molar-refractivity contribution is -0.140. The maximum Gasteiger partial charge on any atom is 0.295 e. The summed E-state index contributed by atoms with van der Waals surface area (Å²) in [5.41, 5.74) is 1.90. The Balaban J connectivity index is 2.11. The first-order valence-electron chi connectivity index (χ1n) is 12.0. The van der Waals surface area contributed by atoms with Gasteiger partial charge in [-0.3, -0.25) is 9.59 Å². The van der Waals surface area contributed by atoms with E-state index in [9.17, 15) is 14.7 Å². The monoisotopic (exact) mass is 497 g/mol. The molecule has 8 nitrogen and oxygen atoms in total. The standard InChI is InChI=1S/C28H35NO7/c1-17(2)16-36-21-10-9-20(14-18(21)3)26(30)24-25(19-8-11-22(34-5)23(15-19)35-6)29(12-7-13-33-4)28(32)27(24)31/h8-11,14-15,17,25,30H,7,12-13,16H2,1-6H3. The number of carbonyl (C=O) groups is 2. The maximum atomic E-state index is 13.2. The van der Waals surface area contributed by atoms with Crippen LogP contribution in [0.2, 0.25) is 0 Å². The topological polar surface area (TPSA) is 94.5 Å². The van der Waals surface area contributed by atoms with Gasteiger partial charge in [0, 0.05) is 25.8 Å². The van der Waals surface area contributed by atoms with Gasteiger partial charge >= 0.3 is 0 Å². The molecule has 1 saturated heterocycles. The van der Waals surface area contributed by atoms with Gasteiger partial charge in [-0.05, 0) is 60.7 Å². The summed E-state index contributed by atoms with van der Waals surface area (Å²) in [6, 6.07) is 9.64. The number of likely N-dealkylation sites (tertiary alicyclic amines) is 1. The van der Waals surface area contributed by atoms with Gasteiger partial charge in [-0.2, -0.15) is 0 Å². The molecular formula is C28H35NO7. The first-order valence-corrected chi connectivity index (χ1v) is 12.0. The largest absolute Gasteiger partial charge is 0.507 e. The third kappa shape index (κ3) is 5.65. The number of aliphatic hydroxyl groups is 1. The molecule has 0 spiro atoms. The Bertz CT molecular complexity index is 1140. The lowest BCUT2D eigenvalue weighted by atomic mass is 9.94. The molecule has 8 heteroatoms. The van der Waals surface area contributed by atoms with Crippen molar-refractivity contribution in [3.05, 3.63) is 58.7 Å². The highest BCUT2D eigenvalue weighted by Crippen LogP contribution is 2.42. The smallest absolute Gasteiger partial charge is 0.295 e. The second kappa shape index (κ2) is 11.9. The van der Waals surface area contributed by atoms with Crippen molar-refractivity contribution >= 4 is 17.4 Å². The number of aliphatic hydroxyl groups excluding tert-OH is 1. The highest BCUT2D eigenvalue weighted by atomic mass is 16.5. The van der Waals surface area contributed by atoms with Gasteiger partial charge < -0.3 is 29.0 Å². The van der Waals surface area contributed by atoms with Crippen molar-refractivity contribution in [2.75, 3.05) is 41.1 Å². The van der Waals surface area contributed by atoms with Crippen LogP contribution in [0.3, 0.4) is 0 Å². The van der Waals surface area contributed by atoms with Crippen molar-refractivity contribution < 1.29 is 33.6 Å². The molecule has 0 aromatic heterocycles. The number of amides is 1. The number of ether oxygens (including phenoxy) is 4. The molecule has 0 radical (unpaired) electrons. The molecule has 1 atom stereocenters. The molecule has 1 N–H and O–H groups in total. The predicted octanol–water partition coefficient (Wildman–Crippen LogP) is 4.51. The van der Waals surface area contributed by atoms with E-state index in [1.54, 1.807) is 43.5 Å². The van der Waals surface area contributed by atoms with E-state index in [4.69, 9.17) is 18.9 Å². The minimum absolute atomic E-state index is 0.0277. The number of hydrogen-bond donors (Lipinski definition) is 1. The van der Waals surface area contributed by atoms with E-state index in [1.165, 1.54) is 19.1 Å². The fourth-order valence-electron chi connectivity index (χ4n) is 4.23. The van der Waals surface area contributed by atoms with Gasteiger partial charge in [0.2, 0.25) is 0 Å². The summed E-state index contributed by atoms with van der Waals surface area (Å²) >= 11 is 0. The number of rotatable bonds is 11. The van der Waals surface area contributed by atoms with Crippen molar-refractivity contribution in [1.82, 2.24) is 4.90 Å². The Kier molecular flexibility index (Phi) is 8.98. The number of methoxy groups -OCH3 is 3. The molecule has 1 fully saturated rings. The number of hydrogen-bond acceptors (Lipinski definition) is 7. The first-order chi connectivity index (χ1) is 17.2. The quantitative estimate of drug-likeness (QED) is 0.211. The Hall–Kier alpha value is -3.52. The summed E-state index contributed by atoms with van der Waals surface area (Å²) in [6.45, 7) is 7.29. The van der Waals surface area contributed by atoms with Crippen LogP contribution < -0.4 is 14.2 Å². The summed E-state index contributed by atoms with van der Waals surface area (Å²) < 4.78 is 21.8. The number of aryl methyl sites for hydroxylation is 1. The first kappa shape index (κ1) is 27.1. The molecule has 1 aliphatic rings. The van der Waals surface area contributed by atoms with Gasteiger partial charge in [0.15, 0.2) is 11.5 Å². The zero-order valence-corrected chi connectivity index (χ0v) is 21.8. The molecule has 1 heterocycles. The van der Waals surface area contributed by atoms with Gasteiger partial charge in [0.25, 0.3) is 11.7 Å². The number of carbonyl (C=O) groups excluding carboxylic acids is 2. The fraction of sp³-hybridized carbons (Fsp3) is 0.429. The van der Waals surface area contributed by atoms with Crippen LogP contribution >= 0.6 is 0 Å². The van der Waals surface area contributed by atoms with Crippen molar-refractivity contribution in [1.29, 1.82) is 0 Å². The highest BCUT2D eigenvalue weighted by Gasteiger charge is 2.46. The molecule has 36 heavy (non-hydrogen) atoms. The molecule has 1 amide bonds. The second-order valence-electron chi connectivity index (χ2n) is 9.14. The van der Waals surface area contributed by atoms with Crippen LogP contribution in [0.15, 0.2) is 42.0 Å². The molecular weight excluding hydrogens is 462 g/mol. The van der Waals surface area contributed by atoms with E-state index in [0.717, 1.165) is 5.56 Å². The van der Waals surface area contributed by atoms with Crippen LogP contribution in [0.25, 0.3) is 5.76 Å². The number of benzene rings is 2. The molecule has 2 aromatic rings. The van der Waals surface area contributed by atoms with E-state index in [2.05, 4.69) is 13.8 Å². The molecule has 0 bridgehead atoms. The Labute approximate surface area is 212 Å². The molecule has 1 aliphatic heterocycles. The van der Waals surface area contributed by atoms with Crippen molar-refractivity contribution in [2.24, 2.45) is 5.92 Å². The molecule has 0 aliphatic carbocycles. The lowest BCUT2D eigenvalue weighted by Crippen LogP contribution is -2.31. The van der Waals surface area contributed by atoms with Gasteiger partial charge in [-0.1, -0.05) is 19.9 Å². The van der Waals surface area contributed by atoms with Gasteiger partial charge in [-0.25, -0.2) is 0 Å². The molecule has 2 aromatic carbocycles. The Morgan fingerprint density at radius 3 is 2.31 bits per heavy atom. The highest BCUT2D eigenvalue weighted by molar-refractivity contribution is 6.46. The van der Waals surface area contributed by atoms with E-state index in [1.807, 2.05) is 6.92 Å². The van der Waals surface area contributed by atoms with Gasteiger partial charge in [-0.15, -0.1) is 0 Å². The number of nitrogens with zero attached hydrogens (tertiary/aromatic N) is 1. The molecule has 194 valence electrons. The summed E-state index contributed by atoms with van der Waals surface area (Å²) in [6.07, 6.45) is 0.536. The summed E-state index contributed by atoms with van der Waals surface area (Å²) in [7, 11) is 4.63. The fourth-order valence-corrected chi connectivity index (χ4v) is 4.23. The van der Waals surface area contributed by atoms with Crippen LogP contribution in [0.5, 0.6) is 17.2 Å². The SMILES string of the molecule is COCCCN1C(=O)C(=O)C(=C(O)c2ccc(OCC(C)C)c(C)c2)C1c1ccc(OC)c(OC)c1. The predicted molar refractivity (Wildman–Crippen MR) is 137 cm³/mol. The summed E-state index contributed by atoms with van der Waals surface area (Å²) in [4.78, 5) is 27.8. The minimum Gasteiger partial charge on any atom is -0.507 e. The van der Waals surface area contributed by atoms with Crippen LogP contribution in [0.4, 0.5) is 0 Å². The number of Topliss-reactive ketones (excluding diaryl/α,β-unsaturated/α-hetero) is 1. The van der Waals surface area contributed by atoms with E-state index in [-0.39, 0.29) is 17.9 Å². The van der Waals surface area contributed by atoms with Crippen molar-refractivity contribution in [2.45, 2.75) is 33.2 Å². The van der Waals surface area contributed by atoms with Crippen molar-refractivity contribution in [3.63, 3.8) is 0 Å². The van der Waals surface area contributed by atoms with Crippen LogP contribution in [0.1, 0.15) is 43.0 Å². The average molecular weight is 498 g/mol. The van der Waals surface area contributed by atoms with Crippen LogP contribution in [0, 0.1) is 12.8 Å². The molecule has 3 rings (SSSR count). The van der Waals surface area contributed by atoms with Gasteiger partial charge in [0.05, 0.1) is 32.4 Å². The second-order valence-corrected chi connectivity index (χ2v) is 9.14. The Morgan fingerprint density at radius 2 is 1.69 bits per heavy atom. The van der Waals surface area contributed by atoms with Crippen LogP contribution in [-0.2, 0) is 14.3 Å². The van der Waals surface area contributed by atoms with E-state index in [0.29, 0.717) is 53.9 Å². The van der Waals surface area contributed by atoms with Gasteiger partial charge in [0.1, 0.15) is 11.5 Å². The zero-order chi connectivity index (χ0) is 26.4. The number of ketones is 1. The molecule has 0 saturated carbocycles. The van der Waals surface area contributed by atoms with Crippen LogP contribution in [-0.4, -0.2) is 62.8 Å². The maximum absolute atomic E-state index is 13.2. The van der Waals surface area contributed by atoms with E-state index >= 15 is 0 Å². The molecule has 1 unspecified atom stereocenters. The average Bonchev–Trinajstić information content (AvgIpc) is 3.12. The summed E-state index contributed by atoms with van der Waals surface area (Å²) in [5, 5.41) is 11.3. The zero-order valence-electron chi connectivity index (χ0n) is 21.8. The third-order valence-electron chi connectivity index (χ3n) is 6.03. The lowest BCUT2D eigenvalue weighted by Gasteiger charge is -2.26. The summed E-state index contributed by atoms with van der Waals surface area (Å²) in [5.74, 6) is 0.416. The Morgan fingerprint density at radius 1 is 1.00 bits per heavy atom. The van der Waals surface area contributed by atoms with E-state index < -0.39 is 17.7 Å². The normalized spacial score (nSPS) is 17.1. The minimum atomic E-state index is -0.793.